The second-order valence-electron chi connectivity index (χ2n) is 2.97. The van der Waals surface area contributed by atoms with Crippen molar-refractivity contribution < 1.29 is 4.74 Å². The molecule has 0 N–H and O–H groups in total. The molecule has 0 radical (unpaired) electrons. The van der Waals surface area contributed by atoms with Crippen LogP contribution in [0.4, 0.5) is 0 Å². The van der Waals surface area contributed by atoms with Crippen LogP contribution in [-0.2, 0) is 4.74 Å². The fourth-order valence-corrected chi connectivity index (χ4v) is 1.52. The van der Waals surface area contributed by atoms with E-state index in [1.54, 1.807) is 24.3 Å². The Hall–Kier alpha value is -1.08. The summed E-state index contributed by atoms with van der Waals surface area (Å²) in [6.45, 7) is 0.0355. The highest BCUT2D eigenvalue weighted by Gasteiger charge is 2.22. The molecule has 1 aromatic rings. The van der Waals surface area contributed by atoms with Crippen LogP contribution in [-0.4, -0.2) is 12.2 Å². The SMILES string of the molecule is C#CCOC(Cl)C(N=O)c1ccc(Cl)cc1. The van der Waals surface area contributed by atoms with Crippen LogP contribution < -0.4 is 0 Å². The maximum atomic E-state index is 10.7. The zero-order valence-corrected chi connectivity index (χ0v) is 9.78. The highest BCUT2D eigenvalue weighted by atomic mass is 35.5. The average molecular weight is 258 g/mol. The standard InChI is InChI=1S/C11H9Cl2NO2/c1-2-7-16-11(13)10(14-15)8-3-5-9(12)6-4-8/h1,3-6,10-11H,7H2. The second-order valence-corrected chi connectivity index (χ2v) is 3.83. The van der Waals surface area contributed by atoms with Gasteiger partial charge in [-0.2, -0.15) is 4.91 Å². The van der Waals surface area contributed by atoms with Crippen LogP contribution in [0.15, 0.2) is 29.4 Å². The minimum atomic E-state index is -0.880. The number of hydrogen-bond acceptors (Lipinski definition) is 3. The molecule has 0 aliphatic rings. The fraction of sp³-hybridized carbons (Fsp3) is 0.273. The monoisotopic (exact) mass is 257 g/mol. The third-order valence-corrected chi connectivity index (χ3v) is 2.52. The van der Waals surface area contributed by atoms with E-state index >= 15 is 0 Å². The maximum Gasteiger partial charge on any atom is 0.162 e. The number of ether oxygens (including phenoxy) is 1. The average Bonchev–Trinajstić information content (AvgIpc) is 2.30. The Morgan fingerprint density at radius 2 is 2.06 bits per heavy atom. The summed E-state index contributed by atoms with van der Waals surface area (Å²) in [5.41, 5.74) is -0.244. The minimum absolute atomic E-state index is 0.0355. The number of benzene rings is 1. The molecule has 0 amide bonds. The quantitative estimate of drug-likeness (QED) is 0.461. The van der Waals surface area contributed by atoms with Gasteiger partial charge in [0.25, 0.3) is 0 Å². The summed E-state index contributed by atoms with van der Waals surface area (Å²) >= 11 is 11.6. The molecule has 0 bridgehead atoms. The number of hydrogen-bond donors (Lipinski definition) is 0. The fourth-order valence-electron chi connectivity index (χ4n) is 1.14. The van der Waals surface area contributed by atoms with Gasteiger partial charge in [0.1, 0.15) is 6.61 Å². The molecule has 0 fully saturated rings. The molecular formula is C11H9Cl2NO2. The zero-order valence-electron chi connectivity index (χ0n) is 8.27. The van der Waals surface area contributed by atoms with Gasteiger partial charge >= 0.3 is 0 Å². The van der Waals surface area contributed by atoms with Crippen molar-refractivity contribution in [2.24, 2.45) is 5.18 Å². The molecular weight excluding hydrogens is 249 g/mol. The van der Waals surface area contributed by atoms with Gasteiger partial charge in [-0.05, 0) is 17.7 Å². The lowest BCUT2D eigenvalue weighted by Gasteiger charge is -2.15. The summed E-state index contributed by atoms with van der Waals surface area (Å²) in [4.78, 5) is 10.7. The van der Waals surface area contributed by atoms with E-state index in [4.69, 9.17) is 34.4 Å². The predicted octanol–water partition coefficient (Wildman–Crippen LogP) is 3.36. The van der Waals surface area contributed by atoms with Crippen molar-refractivity contribution in [1.29, 1.82) is 0 Å². The lowest BCUT2D eigenvalue weighted by molar-refractivity contribution is 0.118. The van der Waals surface area contributed by atoms with E-state index in [1.807, 2.05) is 0 Å². The molecule has 1 aromatic carbocycles. The number of nitrogens with zero attached hydrogens (tertiary/aromatic N) is 1. The molecule has 0 saturated heterocycles. The number of alkyl halides is 1. The molecule has 0 aromatic heterocycles. The summed E-state index contributed by atoms with van der Waals surface area (Å²) in [6.07, 6.45) is 5.02. The summed E-state index contributed by atoms with van der Waals surface area (Å²) in [7, 11) is 0. The van der Waals surface area contributed by atoms with Gasteiger partial charge in [0.05, 0.1) is 0 Å². The maximum absolute atomic E-state index is 10.7. The Bertz CT molecular complexity index is 386. The summed E-state index contributed by atoms with van der Waals surface area (Å²) in [5.74, 6) is 2.27. The normalized spacial score (nSPS) is 13.8. The van der Waals surface area contributed by atoms with E-state index in [0.29, 0.717) is 10.6 Å². The van der Waals surface area contributed by atoms with Crippen LogP contribution in [0, 0.1) is 17.3 Å². The van der Waals surface area contributed by atoms with Gasteiger partial charge in [-0.3, -0.25) is 0 Å². The third kappa shape index (κ3) is 3.49. The predicted molar refractivity (Wildman–Crippen MR) is 64.4 cm³/mol. The van der Waals surface area contributed by atoms with Gasteiger partial charge in [-0.25, -0.2) is 0 Å². The van der Waals surface area contributed by atoms with Crippen molar-refractivity contribution in [3.05, 3.63) is 39.8 Å². The number of rotatable bonds is 5. The molecule has 0 aliphatic heterocycles. The van der Waals surface area contributed by atoms with Crippen LogP contribution in [0.3, 0.4) is 0 Å². The number of nitroso groups, excluding NO2 is 1. The van der Waals surface area contributed by atoms with Crippen LogP contribution in [0.5, 0.6) is 0 Å². The van der Waals surface area contributed by atoms with Crippen LogP contribution in [0.2, 0.25) is 5.02 Å². The molecule has 1 rings (SSSR count). The number of terminal acetylenes is 1. The van der Waals surface area contributed by atoms with E-state index in [0.717, 1.165) is 0 Å². The molecule has 0 spiro atoms. The largest absolute Gasteiger partial charge is 0.347 e. The van der Waals surface area contributed by atoms with E-state index in [2.05, 4.69) is 11.1 Å². The summed E-state index contributed by atoms with van der Waals surface area (Å²) in [5, 5.41) is 3.50. The van der Waals surface area contributed by atoms with Crippen LogP contribution in [0.25, 0.3) is 0 Å². The van der Waals surface area contributed by atoms with Crippen molar-refractivity contribution in [1.82, 2.24) is 0 Å². The molecule has 84 valence electrons. The second kappa shape index (κ2) is 6.49. The van der Waals surface area contributed by atoms with Gasteiger partial charge < -0.3 is 4.74 Å². The van der Waals surface area contributed by atoms with Crippen molar-refractivity contribution in [2.75, 3.05) is 6.61 Å². The molecule has 2 atom stereocenters. The Kier molecular flexibility index (Phi) is 5.27. The minimum Gasteiger partial charge on any atom is -0.347 e. The molecule has 0 heterocycles. The van der Waals surface area contributed by atoms with Gasteiger partial charge in [0.2, 0.25) is 0 Å². The van der Waals surface area contributed by atoms with E-state index in [1.165, 1.54) is 0 Å². The Labute approximate surface area is 104 Å². The Morgan fingerprint density at radius 1 is 1.44 bits per heavy atom. The third-order valence-electron chi connectivity index (χ3n) is 1.90. The first-order valence-corrected chi connectivity index (χ1v) is 5.27. The van der Waals surface area contributed by atoms with Crippen molar-refractivity contribution in [2.45, 2.75) is 11.6 Å². The summed E-state index contributed by atoms with van der Waals surface area (Å²) in [6, 6.07) is 5.85. The van der Waals surface area contributed by atoms with Gasteiger partial charge in [0, 0.05) is 5.02 Å². The molecule has 0 aliphatic carbocycles. The van der Waals surface area contributed by atoms with E-state index < -0.39 is 11.6 Å². The first kappa shape index (κ1) is 13.0. The first-order chi connectivity index (χ1) is 7.69. The zero-order chi connectivity index (χ0) is 12.0. The molecule has 3 nitrogen and oxygen atoms in total. The van der Waals surface area contributed by atoms with Crippen molar-refractivity contribution in [3.8, 4) is 12.3 Å². The Balaban J connectivity index is 2.78. The summed E-state index contributed by atoms with van der Waals surface area (Å²) < 4.78 is 5.03. The van der Waals surface area contributed by atoms with E-state index in [-0.39, 0.29) is 6.61 Å². The highest BCUT2D eigenvalue weighted by Crippen LogP contribution is 2.26. The molecule has 0 saturated carbocycles. The lowest BCUT2D eigenvalue weighted by Crippen LogP contribution is -2.14. The molecule has 5 heteroatoms. The lowest BCUT2D eigenvalue weighted by atomic mass is 10.1. The topological polar surface area (TPSA) is 38.7 Å². The van der Waals surface area contributed by atoms with E-state index in [9.17, 15) is 4.91 Å². The smallest absolute Gasteiger partial charge is 0.162 e. The highest BCUT2D eigenvalue weighted by molar-refractivity contribution is 6.30. The molecule has 2 unspecified atom stereocenters. The van der Waals surface area contributed by atoms with Crippen LogP contribution in [0.1, 0.15) is 11.6 Å². The van der Waals surface area contributed by atoms with Gasteiger partial charge in [0.15, 0.2) is 11.6 Å². The number of halogens is 2. The Morgan fingerprint density at radius 3 is 2.56 bits per heavy atom. The first-order valence-electron chi connectivity index (χ1n) is 4.46. The van der Waals surface area contributed by atoms with Crippen LogP contribution >= 0.6 is 23.2 Å². The van der Waals surface area contributed by atoms with Gasteiger partial charge in [-0.1, -0.05) is 46.4 Å². The molecule has 16 heavy (non-hydrogen) atoms. The van der Waals surface area contributed by atoms with Gasteiger partial charge in [-0.15, -0.1) is 6.42 Å². The van der Waals surface area contributed by atoms with Crippen molar-refractivity contribution >= 4 is 23.2 Å². The van der Waals surface area contributed by atoms with Crippen molar-refractivity contribution in [3.63, 3.8) is 0 Å².